The van der Waals surface area contributed by atoms with Gasteiger partial charge < -0.3 is 4.74 Å². The number of esters is 1. The second-order valence-electron chi connectivity index (χ2n) is 5.20. The fraction of sp³-hybridized carbons (Fsp3) is 0.312. The lowest BCUT2D eigenvalue weighted by molar-refractivity contribution is -0.137. The number of rotatable bonds is 2. The number of amidine groups is 1. The van der Waals surface area contributed by atoms with E-state index in [2.05, 4.69) is 20.9 Å². The maximum atomic E-state index is 12.5. The summed E-state index contributed by atoms with van der Waals surface area (Å²) in [7, 11) is 1.34. The molecule has 0 aliphatic carbocycles. The summed E-state index contributed by atoms with van der Waals surface area (Å²) < 4.78 is 5.82. The van der Waals surface area contributed by atoms with Crippen molar-refractivity contribution < 1.29 is 14.3 Å². The number of hydrogen-bond donors (Lipinski definition) is 0. The molecule has 5 nitrogen and oxygen atoms in total. The Labute approximate surface area is 146 Å². The average Bonchev–Trinajstić information content (AvgIpc) is 2.53. The molecule has 1 fully saturated rings. The van der Waals surface area contributed by atoms with E-state index >= 15 is 0 Å². The molecule has 1 saturated heterocycles. The Bertz CT molecular complexity index is 745. The minimum atomic E-state index is -0.507. The summed E-state index contributed by atoms with van der Waals surface area (Å²) in [6.45, 7) is 1.78. The summed E-state index contributed by atoms with van der Waals surface area (Å²) in [5, 5.41) is 0.649. The molecular weight excluding hydrogens is 380 g/mol. The lowest BCUT2D eigenvalue weighted by Crippen LogP contribution is -2.45. The Morgan fingerprint density at radius 3 is 2.96 bits per heavy atom. The summed E-state index contributed by atoms with van der Waals surface area (Å²) >= 11 is 4.99. The van der Waals surface area contributed by atoms with Crippen molar-refractivity contribution in [3.63, 3.8) is 0 Å². The first-order valence-corrected chi connectivity index (χ1v) is 8.89. The first-order chi connectivity index (χ1) is 11.0. The third kappa shape index (κ3) is 2.95. The van der Waals surface area contributed by atoms with Crippen LogP contribution >= 0.6 is 27.7 Å². The zero-order chi connectivity index (χ0) is 16.6. The highest BCUT2D eigenvalue weighted by molar-refractivity contribution is 9.10. The molecule has 120 valence electrons. The first-order valence-electron chi connectivity index (χ1n) is 7.11. The first kappa shape index (κ1) is 16.3. The van der Waals surface area contributed by atoms with Crippen LogP contribution in [0, 0.1) is 0 Å². The van der Waals surface area contributed by atoms with E-state index in [9.17, 15) is 9.59 Å². The van der Waals surface area contributed by atoms with Gasteiger partial charge in [0, 0.05) is 16.6 Å². The lowest BCUT2D eigenvalue weighted by atomic mass is 9.94. The van der Waals surface area contributed by atoms with Crippen LogP contribution in [-0.4, -0.2) is 34.8 Å². The molecule has 0 bridgehead atoms. The molecule has 7 heteroatoms. The largest absolute Gasteiger partial charge is 0.466 e. The molecular formula is C16H15BrN2O3S. The summed E-state index contributed by atoms with van der Waals surface area (Å²) in [4.78, 5) is 30.9. The van der Waals surface area contributed by atoms with E-state index in [1.54, 1.807) is 11.8 Å². The number of allylic oxidation sites excluding steroid dienone is 1. The van der Waals surface area contributed by atoms with Gasteiger partial charge in [0.25, 0.3) is 0 Å². The van der Waals surface area contributed by atoms with Gasteiger partial charge in [-0.1, -0.05) is 39.8 Å². The lowest BCUT2D eigenvalue weighted by Gasteiger charge is -2.38. The van der Waals surface area contributed by atoms with E-state index in [4.69, 9.17) is 4.74 Å². The number of carbonyl (C=O) groups is 2. The fourth-order valence-electron chi connectivity index (χ4n) is 2.76. The van der Waals surface area contributed by atoms with Crippen LogP contribution in [-0.2, 0) is 14.3 Å². The van der Waals surface area contributed by atoms with Crippen molar-refractivity contribution in [1.82, 2.24) is 4.90 Å². The molecule has 0 aromatic heterocycles. The van der Waals surface area contributed by atoms with Gasteiger partial charge in [-0.25, -0.2) is 9.79 Å². The Morgan fingerprint density at radius 2 is 2.26 bits per heavy atom. The minimum Gasteiger partial charge on any atom is -0.466 e. The second-order valence-corrected chi connectivity index (χ2v) is 7.18. The standard InChI is InChI=1S/C16H15BrN2O3S/c1-9-13(15(21)22-2)14(10-4-3-5-11(17)8-10)19-12(20)6-7-23-16(19)18-9/h3-5,8,14H,6-7H2,1-2H3/t14-/m0/s1. The van der Waals surface area contributed by atoms with Crippen LogP contribution in [0.2, 0.25) is 0 Å². The van der Waals surface area contributed by atoms with E-state index in [1.165, 1.54) is 18.9 Å². The number of halogens is 1. The normalized spacial score (nSPS) is 21.0. The molecule has 2 aliphatic heterocycles. The quantitative estimate of drug-likeness (QED) is 0.722. The third-order valence-corrected chi connectivity index (χ3v) is 5.22. The number of aliphatic imine (C=N–C) groups is 1. The molecule has 1 atom stereocenters. The predicted molar refractivity (Wildman–Crippen MR) is 93.0 cm³/mol. The van der Waals surface area contributed by atoms with Crippen LogP contribution in [0.5, 0.6) is 0 Å². The molecule has 1 amide bonds. The molecule has 0 spiro atoms. The Balaban J connectivity index is 2.19. The zero-order valence-corrected chi connectivity index (χ0v) is 15.1. The Morgan fingerprint density at radius 1 is 1.48 bits per heavy atom. The topological polar surface area (TPSA) is 59.0 Å². The summed E-state index contributed by atoms with van der Waals surface area (Å²) in [5.74, 6) is 0.222. The second kappa shape index (κ2) is 6.49. The monoisotopic (exact) mass is 394 g/mol. The smallest absolute Gasteiger partial charge is 0.338 e. The van der Waals surface area contributed by atoms with Gasteiger partial charge in [-0.2, -0.15) is 0 Å². The van der Waals surface area contributed by atoms with E-state index in [-0.39, 0.29) is 5.91 Å². The highest BCUT2D eigenvalue weighted by Gasteiger charge is 2.41. The van der Waals surface area contributed by atoms with Gasteiger partial charge in [-0.3, -0.25) is 9.69 Å². The minimum absolute atomic E-state index is 0.0265. The summed E-state index contributed by atoms with van der Waals surface area (Å²) in [5.41, 5.74) is 1.85. The third-order valence-electron chi connectivity index (χ3n) is 3.78. The van der Waals surface area contributed by atoms with Gasteiger partial charge in [-0.15, -0.1) is 0 Å². The Hall–Kier alpha value is -1.60. The van der Waals surface area contributed by atoms with Crippen LogP contribution < -0.4 is 0 Å². The molecule has 2 heterocycles. The zero-order valence-electron chi connectivity index (χ0n) is 12.7. The van der Waals surface area contributed by atoms with Crippen molar-refractivity contribution >= 4 is 44.7 Å². The van der Waals surface area contributed by atoms with Gasteiger partial charge in [-0.05, 0) is 24.6 Å². The van der Waals surface area contributed by atoms with E-state index in [0.29, 0.717) is 28.6 Å². The molecule has 2 aliphatic rings. The number of carbonyl (C=O) groups excluding carboxylic acids is 2. The molecule has 0 unspecified atom stereocenters. The number of methoxy groups -OCH3 is 1. The van der Waals surface area contributed by atoms with Crippen LogP contribution in [0.4, 0.5) is 0 Å². The van der Waals surface area contributed by atoms with Gasteiger partial charge in [0.1, 0.15) is 0 Å². The SMILES string of the molecule is COC(=O)C1=C(C)N=C2SCCC(=O)N2[C@H]1c1cccc(Br)c1. The molecule has 0 saturated carbocycles. The van der Waals surface area contributed by atoms with Crippen LogP contribution in [0.25, 0.3) is 0 Å². The highest BCUT2D eigenvalue weighted by atomic mass is 79.9. The average molecular weight is 395 g/mol. The number of benzene rings is 1. The fourth-order valence-corrected chi connectivity index (χ4v) is 4.18. The van der Waals surface area contributed by atoms with Crippen molar-refractivity contribution in [3.8, 4) is 0 Å². The van der Waals surface area contributed by atoms with Gasteiger partial charge in [0.15, 0.2) is 5.17 Å². The highest BCUT2D eigenvalue weighted by Crippen LogP contribution is 2.40. The van der Waals surface area contributed by atoms with Crippen molar-refractivity contribution in [2.45, 2.75) is 19.4 Å². The summed E-state index contributed by atoms with van der Waals surface area (Å²) in [6.07, 6.45) is 0.432. The number of hydrogen-bond acceptors (Lipinski definition) is 5. The van der Waals surface area contributed by atoms with Crippen molar-refractivity contribution in [2.24, 2.45) is 4.99 Å². The number of amides is 1. The maximum absolute atomic E-state index is 12.5. The van der Waals surface area contributed by atoms with E-state index < -0.39 is 12.0 Å². The van der Waals surface area contributed by atoms with Crippen LogP contribution in [0.1, 0.15) is 24.9 Å². The molecule has 0 N–H and O–H groups in total. The van der Waals surface area contributed by atoms with Gasteiger partial charge >= 0.3 is 5.97 Å². The van der Waals surface area contributed by atoms with Gasteiger partial charge in [0.05, 0.1) is 24.4 Å². The maximum Gasteiger partial charge on any atom is 0.338 e. The van der Waals surface area contributed by atoms with Crippen molar-refractivity contribution in [1.29, 1.82) is 0 Å². The van der Waals surface area contributed by atoms with Crippen molar-refractivity contribution in [3.05, 3.63) is 45.6 Å². The van der Waals surface area contributed by atoms with E-state index in [0.717, 1.165) is 10.0 Å². The van der Waals surface area contributed by atoms with Crippen LogP contribution in [0.15, 0.2) is 45.0 Å². The number of fused-ring (bicyclic) bond motifs is 1. The predicted octanol–water partition coefficient (Wildman–Crippen LogP) is 3.27. The molecule has 1 aromatic rings. The molecule has 0 radical (unpaired) electrons. The number of nitrogens with zero attached hydrogens (tertiary/aromatic N) is 2. The summed E-state index contributed by atoms with van der Waals surface area (Å²) in [6, 6.07) is 7.10. The van der Waals surface area contributed by atoms with Crippen molar-refractivity contribution in [2.75, 3.05) is 12.9 Å². The molecule has 1 aromatic carbocycles. The number of ether oxygens (including phenoxy) is 1. The van der Waals surface area contributed by atoms with E-state index in [1.807, 2.05) is 24.3 Å². The molecule has 23 heavy (non-hydrogen) atoms. The van der Waals surface area contributed by atoms with Gasteiger partial charge in [0.2, 0.25) is 5.91 Å². The molecule has 3 rings (SSSR count). The van der Waals surface area contributed by atoms with Crippen LogP contribution in [0.3, 0.4) is 0 Å². The number of thioether (sulfide) groups is 1. The Kier molecular flexibility index (Phi) is 4.59.